The molecule has 5 rings (SSSR count). The van der Waals surface area contributed by atoms with Gasteiger partial charge in [-0.15, -0.1) is 0 Å². The van der Waals surface area contributed by atoms with Gasteiger partial charge in [-0.3, -0.25) is 19.4 Å². The fourth-order valence-corrected chi connectivity index (χ4v) is 4.28. The molecule has 0 bridgehead atoms. The van der Waals surface area contributed by atoms with Crippen molar-refractivity contribution in [2.75, 3.05) is 26.3 Å². The number of ketones is 1. The fourth-order valence-electron chi connectivity index (χ4n) is 4.28. The van der Waals surface area contributed by atoms with E-state index in [0.29, 0.717) is 18.2 Å². The van der Waals surface area contributed by atoms with E-state index in [9.17, 15) is 4.79 Å². The molecule has 1 saturated carbocycles. The van der Waals surface area contributed by atoms with Gasteiger partial charge in [0.15, 0.2) is 0 Å². The standard InChI is InChI=1S/C22H25N5O2/c1-26-14-17(13-24-26)20-3-2-15-12-23-18(10-21(15)25-20)11-22(28)16-8-19(9-16)27-4-6-29-7-5-27/h2-3,10,12-14,16,19H,4-9,11H2,1H3. The highest BCUT2D eigenvalue weighted by Gasteiger charge is 2.38. The molecule has 1 aliphatic heterocycles. The molecule has 3 aromatic heterocycles. The van der Waals surface area contributed by atoms with Crippen LogP contribution in [-0.4, -0.2) is 62.8 Å². The molecule has 29 heavy (non-hydrogen) atoms. The van der Waals surface area contributed by atoms with Crippen LogP contribution in [0.3, 0.4) is 0 Å². The SMILES string of the molecule is Cn1cc(-c2ccc3cnc(CC(=O)C4CC(N5CCOCC5)C4)cc3n2)cn1. The second kappa shape index (κ2) is 7.65. The summed E-state index contributed by atoms with van der Waals surface area (Å²) in [6, 6.07) is 6.49. The lowest BCUT2D eigenvalue weighted by Gasteiger charge is -2.43. The van der Waals surface area contributed by atoms with E-state index in [1.54, 1.807) is 10.9 Å². The van der Waals surface area contributed by atoms with Crippen LogP contribution in [0.2, 0.25) is 0 Å². The summed E-state index contributed by atoms with van der Waals surface area (Å²) >= 11 is 0. The number of nitrogens with zero attached hydrogens (tertiary/aromatic N) is 5. The lowest BCUT2D eigenvalue weighted by Crippen LogP contribution is -2.51. The molecule has 0 unspecified atom stereocenters. The Morgan fingerprint density at radius 1 is 1.21 bits per heavy atom. The van der Waals surface area contributed by atoms with E-state index in [0.717, 1.165) is 67.0 Å². The van der Waals surface area contributed by atoms with E-state index in [1.807, 2.05) is 37.6 Å². The molecule has 0 spiro atoms. The van der Waals surface area contributed by atoms with Crippen LogP contribution >= 0.6 is 0 Å². The number of aryl methyl sites for hydroxylation is 1. The molecular formula is C22H25N5O2. The van der Waals surface area contributed by atoms with Gasteiger partial charge in [-0.25, -0.2) is 4.98 Å². The van der Waals surface area contributed by atoms with E-state index >= 15 is 0 Å². The van der Waals surface area contributed by atoms with Gasteiger partial charge in [0.1, 0.15) is 5.78 Å². The van der Waals surface area contributed by atoms with Crippen LogP contribution in [0.15, 0.2) is 36.8 Å². The highest BCUT2D eigenvalue weighted by molar-refractivity contribution is 5.86. The van der Waals surface area contributed by atoms with Crippen molar-refractivity contribution in [1.29, 1.82) is 0 Å². The lowest BCUT2D eigenvalue weighted by atomic mass is 9.75. The molecule has 1 aliphatic carbocycles. The molecular weight excluding hydrogens is 366 g/mol. The smallest absolute Gasteiger partial charge is 0.142 e. The monoisotopic (exact) mass is 391 g/mol. The van der Waals surface area contributed by atoms with E-state index in [1.165, 1.54) is 0 Å². The summed E-state index contributed by atoms with van der Waals surface area (Å²) in [7, 11) is 1.89. The second-order valence-electron chi connectivity index (χ2n) is 8.08. The number of fused-ring (bicyclic) bond motifs is 1. The zero-order valence-electron chi connectivity index (χ0n) is 16.6. The van der Waals surface area contributed by atoms with Gasteiger partial charge in [-0.1, -0.05) is 0 Å². The van der Waals surface area contributed by atoms with Crippen LogP contribution in [0.25, 0.3) is 22.2 Å². The number of aromatic nitrogens is 4. The molecule has 7 nitrogen and oxygen atoms in total. The Balaban J connectivity index is 1.26. The Bertz CT molecular complexity index is 1030. The molecule has 150 valence electrons. The number of Topliss-reactive ketones (excluding diaryl/α,β-unsaturated/α-hetero) is 1. The first-order chi connectivity index (χ1) is 14.2. The number of morpholine rings is 1. The zero-order valence-corrected chi connectivity index (χ0v) is 16.6. The Hall–Kier alpha value is -2.64. The fraction of sp³-hybridized carbons (Fsp3) is 0.455. The minimum absolute atomic E-state index is 0.162. The van der Waals surface area contributed by atoms with Crippen molar-refractivity contribution in [2.45, 2.75) is 25.3 Å². The maximum atomic E-state index is 12.7. The Kier molecular flexibility index (Phi) is 4.85. The minimum atomic E-state index is 0.162. The summed E-state index contributed by atoms with van der Waals surface area (Å²) in [6.45, 7) is 3.60. The van der Waals surface area contributed by atoms with Crippen molar-refractivity contribution in [3.63, 3.8) is 0 Å². The molecule has 0 N–H and O–H groups in total. The van der Waals surface area contributed by atoms with Gasteiger partial charge in [0, 0.05) is 67.6 Å². The molecule has 3 aromatic rings. The van der Waals surface area contributed by atoms with Crippen molar-refractivity contribution in [3.8, 4) is 11.3 Å². The van der Waals surface area contributed by atoms with E-state index in [4.69, 9.17) is 9.72 Å². The van der Waals surface area contributed by atoms with Crippen LogP contribution in [0.5, 0.6) is 0 Å². The van der Waals surface area contributed by atoms with Gasteiger partial charge >= 0.3 is 0 Å². The van der Waals surface area contributed by atoms with Gasteiger partial charge in [-0.2, -0.15) is 5.10 Å². The van der Waals surface area contributed by atoms with Crippen LogP contribution < -0.4 is 0 Å². The number of hydrogen-bond acceptors (Lipinski definition) is 6. The topological polar surface area (TPSA) is 73.1 Å². The van der Waals surface area contributed by atoms with Crippen molar-refractivity contribution in [3.05, 3.63) is 42.5 Å². The van der Waals surface area contributed by atoms with Crippen molar-refractivity contribution in [1.82, 2.24) is 24.6 Å². The third-order valence-electron chi connectivity index (χ3n) is 6.12. The normalized spacial score (nSPS) is 22.5. The molecule has 1 saturated heterocycles. The highest BCUT2D eigenvalue weighted by Crippen LogP contribution is 2.33. The van der Waals surface area contributed by atoms with E-state index < -0.39 is 0 Å². The summed E-state index contributed by atoms with van der Waals surface area (Å²) in [6.07, 6.45) is 7.89. The summed E-state index contributed by atoms with van der Waals surface area (Å²) < 4.78 is 7.18. The van der Waals surface area contributed by atoms with Gasteiger partial charge in [0.25, 0.3) is 0 Å². The Morgan fingerprint density at radius 2 is 2.03 bits per heavy atom. The molecule has 0 radical (unpaired) electrons. The number of hydrogen-bond donors (Lipinski definition) is 0. The summed E-state index contributed by atoms with van der Waals surface area (Å²) in [5, 5.41) is 5.19. The highest BCUT2D eigenvalue weighted by atomic mass is 16.5. The summed E-state index contributed by atoms with van der Waals surface area (Å²) in [5.74, 6) is 0.458. The Morgan fingerprint density at radius 3 is 2.79 bits per heavy atom. The third-order valence-corrected chi connectivity index (χ3v) is 6.12. The second-order valence-corrected chi connectivity index (χ2v) is 8.08. The maximum Gasteiger partial charge on any atom is 0.142 e. The maximum absolute atomic E-state index is 12.7. The van der Waals surface area contributed by atoms with Gasteiger partial charge < -0.3 is 4.74 Å². The lowest BCUT2D eigenvalue weighted by molar-refractivity contribution is -0.127. The summed E-state index contributed by atoms with van der Waals surface area (Å²) in [5.41, 5.74) is 3.52. The average molecular weight is 391 g/mol. The van der Waals surface area contributed by atoms with Crippen LogP contribution in [0.4, 0.5) is 0 Å². The Labute approximate surface area is 169 Å². The molecule has 0 amide bonds. The van der Waals surface area contributed by atoms with Crippen molar-refractivity contribution in [2.24, 2.45) is 13.0 Å². The molecule has 4 heterocycles. The first-order valence-electron chi connectivity index (χ1n) is 10.2. The molecule has 7 heteroatoms. The van der Waals surface area contributed by atoms with Crippen LogP contribution in [0.1, 0.15) is 18.5 Å². The van der Waals surface area contributed by atoms with Crippen LogP contribution in [-0.2, 0) is 23.0 Å². The minimum Gasteiger partial charge on any atom is -0.379 e. The summed E-state index contributed by atoms with van der Waals surface area (Å²) in [4.78, 5) is 24.5. The van der Waals surface area contributed by atoms with E-state index in [2.05, 4.69) is 15.0 Å². The first-order valence-corrected chi connectivity index (χ1v) is 10.2. The van der Waals surface area contributed by atoms with Crippen molar-refractivity contribution < 1.29 is 9.53 Å². The largest absolute Gasteiger partial charge is 0.379 e. The molecule has 0 aromatic carbocycles. The van der Waals surface area contributed by atoms with Gasteiger partial charge in [0.05, 0.1) is 30.6 Å². The number of carbonyl (C=O) groups excluding carboxylic acids is 1. The zero-order chi connectivity index (χ0) is 19.8. The predicted molar refractivity (Wildman–Crippen MR) is 109 cm³/mol. The van der Waals surface area contributed by atoms with E-state index in [-0.39, 0.29) is 5.92 Å². The molecule has 2 fully saturated rings. The van der Waals surface area contributed by atoms with Crippen molar-refractivity contribution >= 4 is 16.7 Å². The molecule has 2 aliphatic rings. The van der Waals surface area contributed by atoms with Gasteiger partial charge in [-0.05, 0) is 31.0 Å². The third kappa shape index (κ3) is 3.80. The number of pyridine rings is 2. The number of rotatable bonds is 5. The first kappa shape index (κ1) is 18.4. The van der Waals surface area contributed by atoms with Gasteiger partial charge in [0.2, 0.25) is 0 Å². The number of carbonyl (C=O) groups is 1. The number of ether oxygens (including phenoxy) is 1. The quantitative estimate of drug-likeness (QED) is 0.664. The predicted octanol–water partition coefficient (Wildman–Crippen LogP) is 2.25. The van der Waals surface area contributed by atoms with Crippen LogP contribution in [0, 0.1) is 5.92 Å². The average Bonchev–Trinajstić information content (AvgIpc) is 3.13. The molecule has 0 atom stereocenters.